The summed E-state index contributed by atoms with van der Waals surface area (Å²) in [6.07, 6.45) is 8.34. The highest BCUT2D eigenvalue weighted by molar-refractivity contribution is 4.84. The molecule has 0 aromatic heterocycles. The maximum Gasteiger partial charge on any atom is 0.107 e. The fourth-order valence-corrected chi connectivity index (χ4v) is 2.94. The van der Waals surface area contributed by atoms with Crippen LogP contribution in [-0.4, -0.2) is 29.3 Å². The van der Waals surface area contributed by atoms with Crippen LogP contribution in [0.1, 0.15) is 58.8 Å². The van der Waals surface area contributed by atoms with Gasteiger partial charge in [0.1, 0.15) is 6.23 Å². The number of nitrogens with zero attached hydrogens (tertiary/aromatic N) is 1. The molecule has 3 atom stereocenters. The Morgan fingerprint density at radius 1 is 1.27 bits per heavy atom. The van der Waals surface area contributed by atoms with E-state index in [9.17, 15) is 5.11 Å². The summed E-state index contributed by atoms with van der Waals surface area (Å²) in [6.45, 7) is 4.40. The molecule has 0 aromatic rings. The molecule has 15 heavy (non-hydrogen) atoms. The molecule has 0 radical (unpaired) electrons. The number of aliphatic hydroxyl groups excluding tert-OH is 1. The lowest BCUT2D eigenvalue weighted by molar-refractivity contribution is -0.0227. The molecular formula is C13H27NO. The second-order valence-electron chi connectivity index (χ2n) is 4.98. The van der Waals surface area contributed by atoms with Gasteiger partial charge in [0.15, 0.2) is 0 Å². The largest absolute Gasteiger partial charge is 0.378 e. The fourth-order valence-electron chi connectivity index (χ4n) is 2.94. The first kappa shape index (κ1) is 13.0. The van der Waals surface area contributed by atoms with Crippen molar-refractivity contribution in [2.45, 2.75) is 71.1 Å². The number of hydrogen-bond acceptors (Lipinski definition) is 2. The van der Waals surface area contributed by atoms with Crippen LogP contribution in [-0.2, 0) is 0 Å². The summed E-state index contributed by atoms with van der Waals surface area (Å²) in [5, 5.41) is 9.99. The first-order valence-corrected chi connectivity index (χ1v) is 6.60. The minimum Gasteiger partial charge on any atom is -0.378 e. The van der Waals surface area contributed by atoms with Gasteiger partial charge in [0.05, 0.1) is 0 Å². The molecule has 0 bridgehead atoms. The molecule has 1 aliphatic rings. The van der Waals surface area contributed by atoms with Crippen molar-refractivity contribution >= 4 is 0 Å². The van der Waals surface area contributed by atoms with E-state index in [2.05, 4.69) is 25.8 Å². The molecule has 1 fully saturated rings. The highest BCUT2D eigenvalue weighted by atomic mass is 16.3. The Hall–Kier alpha value is -0.0800. The van der Waals surface area contributed by atoms with Crippen molar-refractivity contribution in [1.82, 2.24) is 4.90 Å². The Kier molecular flexibility index (Phi) is 5.62. The summed E-state index contributed by atoms with van der Waals surface area (Å²) in [6, 6.07) is 0.631. The molecule has 1 rings (SSSR count). The van der Waals surface area contributed by atoms with Crippen LogP contribution >= 0.6 is 0 Å². The van der Waals surface area contributed by atoms with Gasteiger partial charge in [-0.2, -0.15) is 0 Å². The molecule has 0 spiro atoms. The molecule has 3 unspecified atom stereocenters. The van der Waals surface area contributed by atoms with Gasteiger partial charge in [-0.05, 0) is 38.6 Å². The molecule has 0 heterocycles. The van der Waals surface area contributed by atoms with E-state index in [1.807, 2.05) is 0 Å². The monoisotopic (exact) mass is 213 g/mol. The van der Waals surface area contributed by atoms with Gasteiger partial charge < -0.3 is 5.11 Å². The summed E-state index contributed by atoms with van der Waals surface area (Å²) in [5.74, 6) is 0.825. The molecule has 1 saturated carbocycles. The van der Waals surface area contributed by atoms with Crippen LogP contribution in [0.4, 0.5) is 0 Å². The van der Waals surface area contributed by atoms with Crippen molar-refractivity contribution in [2.75, 3.05) is 7.05 Å². The maximum absolute atomic E-state index is 9.99. The van der Waals surface area contributed by atoms with Gasteiger partial charge in [-0.15, -0.1) is 0 Å². The smallest absolute Gasteiger partial charge is 0.107 e. The Morgan fingerprint density at radius 3 is 2.60 bits per heavy atom. The molecule has 1 aliphatic carbocycles. The third-order valence-electron chi connectivity index (χ3n) is 3.82. The predicted molar refractivity (Wildman–Crippen MR) is 64.7 cm³/mol. The highest BCUT2D eigenvalue weighted by Crippen LogP contribution is 2.33. The van der Waals surface area contributed by atoms with E-state index < -0.39 is 0 Å². The molecule has 0 saturated heterocycles. The summed E-state index contributed by atoms with van der Waals surface area (Å²) >= 11 is 0. The molecule has 0 aliphatic heterocycles. The summed E-state index contributed by atoms with van der Waals surface area (Å²) in [7, 11) is 2.10. The van der Waals surface area contributed by atoms with Crippen LogP contribution in [0.25, 0.3) is 0 Å². The second-order valence-corrected chi connectivity index (χ2v) is 4.98. The van der Waals surface area contributed by atoms with Crippen molar-refractivity contribution in [3.8, 4) is 0 Å². The number of rotatable bonds is 6. The number of aliphatic hydroxyl groups is 1. The van der Waals surface area contributed by atoms with Crippen molar-refractivity contribution < 1.29 is 5.11 Å². The average molecular weight is 213 g/mol. The van der Waals surface area contributed by atoms with Crippen LogP contribution in [0.15, 0.2) is 0 Å². The molecule has 2 nitrogen and oxygen atoms in total. The highest BCUT2D eigenvalue weighted by Gasteiger charge is 2.31. The van der Waals surface area contributed by atoms with Crippen LogP contribution in [0.3, 0.4) is 0 Å². The fraction of sp³-hybridized carbons (Fsp3) is 1.00. The maximum atomic E-state index is 9.99. The van der Waals surface area contributed by atoms with Crippen molar-refractivity contribution in [3.63, 3.8) is 0 Å². The summed E-state index contributed by atoms with van der Waals surface area (Å²) in [4.78, 5) is 2.22. The standard InChI is InChI=1S/C13H27NO/c1-4-7-11-9-6-10-12(11)14(3)13(15)8-5-2/h11-13,15H,4-10H2,1-3H3. The summed E-state index contributed by atoms with van der Waals surface area (Å²) in [5.41, 5.74) is 0. The molecular weight excluding hydrogens is 186 g/mol. The topological polar surface area (TPSA) is 23.5 Å². The molecule has 90 valence electrons. The van der Waals surface area contributed by atoms with Gasteiger partial charge in [-0.3, -0.25) is 4.90 Å². The minimum atomic E-state index is -0.225. The molecule has 0 amide bonds. The Morgan fingerprint density at radius 2 is 2.00 bits per heavy atom. The van der Waals surface area contributed by atoms with Crippen molar-refractivity contribution in [3.05, 3.63) is 0 Å². The van der Waals surface area contributed by atoms with Crippen LogP contribution in [0.5, 0.6) is 0 Å². The Bertz CT molecular complexity index is 172. The normalized spacial score (nSPS) is 28.6. The Labute approximate surface area is 94.7 Å². The van der Waals surface area contributed by atoms with E-state index in [4.69, 9.17) is 0 Å². The Balaban J connectivity index is 2.45. The van der Waals surface area contributed by atoms with Crippen LogP contribution in [0.2, 0.25) is 0 Å². The lowest BCUT2D eigenvalue weighted by atomic mass is 9.96. The van der Waals surface area contributed by atoms with E-state index >= 15 is 0 Å². The van der Waals surface area contributed by atoms with E-state index in [0.29, 0.717) is 6.04 Å². The molecule has 1 N–H and O–H groups in total. The lowest BCUT2D eigenvalue weighted by Gasteiger charge is -2.33. The van der Waals surface area contributed by atoms with Gasteiger partial charge in [-0.25, -0.2) is 0 Å². The zero-order valence-corrected chi connectivity index (χ0v) is 10.6. The van der Waals surface area contributed by atoms with Crippen molar-refractivity contribution in [1.29, 1.82) is 0 Å². The molecule has 2 heteroatoms. The molecule has 0 aromatic carbocycles. The van der Waals surface area contributed by atoms with Crippen LogP contribution in [0, 0.1) is 5.92 Å². The van der Waals surface area contributed by atoms with Gasteiger partial charge in [0, 0.05) is 6.04 Å². The zero-order valence-electron chi connectivity index (χ0n) is 10.6. The average Bonchev–Trinajstić information content (AvgIpc) is 2.66. The SMILES string of the molecule is CCCC1CCCC1N(C)C(O)CCC. The van der Waals surface area contributed by atoms with Gasteiger partial charge in [-0.1, -0.05) is 33.1 Å². The third-order valence-corrected chi connectivity index (χ3v) is 3.82. The predicted octanol–water partition coefficient (Wildman–Crippen LogP) is 3.01. The third kappa shape index (κ3) is 3.46. The zero-order chi connectivity index (χ0) is 11.3. The van der Waals surface area contributed by atoms with E-state index in [-0.39, 0.29) is 6.23 Å². The van der Waals surface area contributed by atoms with Crippen molar-refractivity contribution in [2.24, 2.45) is 5.92 Å². The second kappa shape index (κ2) is 6.49. The first-order valence-electron chi connectivity index (χ1n) is 6.60. The quantitative estimate of drug-likeness (QED) is 0.686. The van der Waals surface area contributed by atoms with Crippen LogP contribution < -0.4 is 0 Å². The minimum absolute atomic E-state index is 0.225. The van der Waals surface area contributed by atoms with Gasteiger partial charge >= 0.3 is 0 Å². The van der Waals surface area contributed by atoms with E-state index in [1.165, 1.54) is 32.1 Å². The van der Waals surface area contributed by atoms with Gasteiger partial charge in [0.25, 0.3) is 0 Å². The van der Waals surface area contributed by atoms with E-state index in [1.54, 1.807) is 0 Å². The first-order chi connectivity index (χ1) is 7.20. The van der Waals surface area contributed by atoms with Gasteiger partial charge in [0.2, 0.25) is 0 Å². The number of hydrogen-bond donors (Lipinski definition) is 1. The van der Waals surface area contributed by atoms with E-state index in [0.717, 1.165) is 18.8 Å². The summed E-state index contributed by atoms with van der Waals surface area (Å²) < 4.78 is 0. The lowest BCUT2D eigenvalue weighted by Crippen LogP contribution is -2.42.